The molecule has 0 spiro atoms. The predicted molar refractivity (Wildman–Crippen MR) is 103 cm³/mol. The minimum atomic E-state index is -4.57. The molecule has 0 amide bonds. The van der Waals surface area contributed by atoms with Gasteiger partial charge in [0, 0.05) is 30.2 Å². The largest absolute Gasteiger partial charge is 0.490 e. The van der Waals surface area contributed by atoms with Crippen LogP contribution in [-0.4, -0.2) is 32.4 Å². The quantitative estimate of drug-likeness (QED) is 0.541. The van der Waals surface area contributed by atoms with E-state index in [9.17, 15) is 27.2 Å². The van der Waals surface area contributed by atoms with Crippen LogP contribution in [0.15, 0.2) is 36.5 Å². The molecule has 0 aliphatic heterocycles. The number of rotatable bonds is 4. The predicted octanol–water partition coefficient (Wildman–Crippen LogP) is 5.38. The third kappa shape index (κ3) is 4.69. The van der Waals surface area contributed by atoms with Crippen LogP contribution in [-0.2, 0) is 6.18 Å². The van der Waals surface area contributed by atoms with Crippen LogP contribution in [0.4, 0.5) is 22.0 Å². The first-order valence-electron chi connectivity index (χ1n) is 9.69. The third-order valence-electron chi connectivity index (χ3n) is 5.19. The number of alkyl halides is 5. The number of hydrogen-bond acceptors (Lipinski definition) is 5. The highest BCUT2D eigenvalue weighted by molar-refractivity contribution is 5.75. The van der Waals surface area contributed by atoms with Crippen LogP contribution >= 0.6 is 0 Å². The zero-order valence-corrected chi connectivity index (χ0v) is 16.5. The summed E-state index contributed by atoms with van der Waals surface area (Å²) in [5.41, 5.74) is 0.572. The standard InChI is InChI=1S/C21H16F5N5O/c22-20(23)5-3-15(4-6-20)32-16-8-13(12-1-2-18(28-11-12)21(24,25)26)7-14(9-16)19-17(10-27)29-31-30-19/h1-2,7-9,11,15H,3-6H2,(H,29,30,31). The van der Waals surface area contributed by atoms with Crippen LogP contribution in [0.1, 0.15) is 37.1 Å². The Morgan fingerprint density at radius 1 is 1.06 bits per heavy atom. The van der Waals surface area contributed by atoms with E-state index in [1.54, 1.807) is 18.2 Å². The molecule has 3 aromatic rings. The maximum Gasteiger partial charge on any atom is 0.433 e. The second-order valence-electron chi connectivity index (χ2n) is 7.50. The molecule has 4 rings (SSSR count). The molecule has 1 saturated carbocycles. The van der Waals surface area contributed by atoms with E-state index >= 15 is 0 Å². The summed E-state index contributed by atoms with van der Waals surface area (Å²) in [4.78, 5) is 3.48. The maximum atomic E-state index is 13.5. The second-order valence-corrected chi connectivity index (χ2v) is 7.50. The molecule has 0 radical (unpaired) electrons. The lowest BCUT2D eigenvalue weighted by molar-refractivity contribution is -0.141. The molecule has 0 unspecified atom stereocenters. The lowest BCUT2D eigenvalue weighted by atomic mass is 9.94. The van der Waals surface area contributed by atoms with Gasteiger partial charge in [0.25, 0.3) is 0 Å². The second kappa shape index (κ2) is 8.18. The molecule has 166 valence electrons. The maximum absolute atomic E-state index is 13.5. The monoisotopic (exact) mass is 449 g/mol. The van der Waals surface area contributed by atoms with Crippen LogP contribution in [0, 0.1) is 11.3 Å². The van der Waals surface area contributed by atoms with E-state index in [1.165, 1.54) is 6.07 Å². The number of H-pyrrole nitrogens is 1. The Kier molecular flexibility index (Phi) is 5.54. The molecule has 1 aliphatic carbocycles. The van der Waals surface area contributed by atoms with Crippen molar-refractivity contribution in [2.75, 3.05) is 0 Å². The van der Waals surface area contributed by atoms with Gasteiger partial charge in [-0.1, -0.05) is 11.3 Å². The van der Waals surface area contributed by atoms with Gasteiger partial charge in [-0.2, -0.15) is 18.4 Å². The van der Waals surface area contributed by atoms with Gasteiger partial charge in [0.2, 0.25) is 5.92 Å². The minimum absolute atomic E-state index is 0.0935. The molecule has 1 aliphatic rings. The van der Waals surface area contributed by atoms with Crippen molar-refractivity contribution >= 4 is 0 Å². The van der Waals surface area contributed by atoms with Crippen molar-refractivity contribution in [3.05, 3.63) is 47.9 Å². The van der Waals surface area contributed by atoms with Gasteiger partial charge < -0.3 is 4.74 Å². The first-order valence-corrected chi connectivity index (χ1v) is 9.69. The number of ether oxygens (including phenoxy) is 1. The fourth-order valence-corrected chi connectivity index (χ4v) is 3.53. The number of hydrogen-bond donors (Lipinski definition) is 1. The topological polar surface area (TPSA) is 87.5 Å². The fraction of sp³-hybridized carbons (Fsp3) is 0.333. The Balaban J connectivity index is 1.70. The smallest absolute Gasteiger partial charge is 0.433 e. The summed E-state index contributed by atoms with van der Waals surface area (Å²) in [7, 11) is 0. The number of aromatic amines is 1. The van der Waals surface area contributed by atoms with E-state index in [-0.39, 0.29) is 37.1 Å². The van der Waals surface area contributed by atoms with Crippen molar-refractivity contribution < 1.29 is 26.7 Å². The summed E-state index contributed by atoms with van der Waals surface area (Å²) >= 11 is 0. The zero-order valence-electron chi connectivity index (χ0n) is 16.5. The first-order chi connectivity index (χ1) is 15.1. The molecule has 2 aromatic heterocycles. The van der Waals surface area contributed by atoms with Crippen LogP contribution in [0.25, 0.3) is 22.4 Å². The van der Waals surface area contributed by atoms with E-state index in [1.807, 2.05) is 6.07 Å². The van der Waals surface area contributed by atoms with Gasteiger partial charge in [-0.3, -0.25) is 4.98 Å². The van der Waals surface area contributed by atoms with Gasteiger partial charge in [0.05, 0.1) is 6.10 Å². The van der Waals surface area contributed by atoms with Gasteiger partial charge in [-0.15, -0.1) is 5.10 Å². The molecule has 0 saturated heterocycles. The first kappa shape index (κ1) is 21.7. The average molecular weight is 449 g/mol. The fourth-order valence-electron chi connectivity index (χ4n) is 3.53. The van der Waals surface area contributed by atoms with Crippen molar-refractivity contribution in [3.8, 4) is 34.2 Å². The number of nitriles is 1. The van der Waals surface area contributed by atoms with Gasteiger partial charge in [0.15, 0.2) is 5.69 Å². The van der Waals surface area contributed by atoms with Crippen molar-refractivity contribution in [2.24, 2.45) is 0 Å². The lowest BCUT2D eigenvalue weighted by Gasteiger charge is -2.29. The lowest BCUT2D eigenvalue weighted by Crippen LogP contribution is -2.30. The molecule has 0 bridgehead atoms. The molecule has 1 fully saturated rings. The minimum Gasteiger partial charge on any atom is -0.490 e. The Labute approximate surface area is 179 Å². The molecule has 6 nitrogen and oxygen atoms in total. The average Bonchev–Trinajstić information content (AvgIpc) is 3.24. The molecular weight excluding hydrogens is 433 g/mol. The van der Waals surface area contributed by atoms with Crippen molar-refractivity contribution in [2.45, 2.75) is 43.9 Å². The van der Waals surface area contributed by atoms with Gasteiger partial charge >= 0.3 is 6.18 Å². The number of nitrogens with one attached hydrogen (secondary N) is 1. The molecule has 0 atom stereocenters. The Morgan fingerprint density at radius 3 is 2.41 bits per heavy atom. The molecule has 32 heavy (non-hydrogen) atoms. The SMILES string of the molecule is N#Cc1[nH]nnc1-c1cc(OC2CCC(F)(F)CC2)cc(-c2ccc(C(F)(F)F)nc2)c1. The van der Waals surface area contributed by atoms with Gasteiger partial charge in [-0.25, -0.2) is 13.9 Å². The van der Waals surface area contributed by atoms with Crippen LogP contribution in [0.5, 0.6) is 5.75 Å². The summed E-state index contributed by atoms with van der Waals surface area (Å²) in [6.07, 6.45) is -4.15. The molecule has 2 heterocycles. The third-order valence-corrected chi connectivity index (χ3v) is 5.19. The van der Waals surface area contributed by atoms with E-state index in [4.69, 9.17) is 4.74 Å². The molecule has 11 heteroatoms. The molecule has 1 N–H and O–H groups in total. The van der Waals surface area contributed by atoms with Crippen LogP contribution in [0.2, 0.25) is 0 Å². The van der Waals surface area contributed by atoms with Crippen molar-refractivity contribution in [3.63, 3.8) is 0 Å². The summed E-state index contributed by atoms with van der Waals surface area (Å²) in [6, 6.07) is 8.86. The summed E-state index contributed by atoms with van der Waals surface area (Å²) in [5, 5.41) is 19.2. The Bertz CT molecular complexity index is 1140. The number of nitrogens with zero attached hydrogens (tertiary/aromatic N) is 4. The van der Waals surface area contributed by atoms with Gasteiger partial charge in [-0.05, 0) is 42.7 Å². The van der Waals surface area contributed by atoms with E-state index < -0.39 is 23.9 Å². The van der Waals surface area contributed by atoms with E-state index in [0.717, 1.165) is 12.3 Å². The van der Waals surface area contributed by atoms with Crippen LogP contribution < -0.4 is 4.74 Å². The number of pyridine rings is 1. The summed E-state index contributed by atoms with van der Waals surface area (Å²) in [6.45, 7) is 0. The Morgan fingerprint density at radius 2 is 1.78 bits per heavy atom. The zero-order chi connectivity index (χ0) is 22.9. The van der Waals surface area contributed by atoms with Gasteiger partial charge in [0.1, 0.15) is 23.2 Å². The summed E-state index contributed by atoms with van der Waals surface area (Å²) in [5.74, 6) is -2.39. The van der Waals surface area contributed by atoms with Crippen molar-refractivity contribution in [1.82, 2.24) is 20.4 Å². The summed E-state index contributed by atoms with van der Waals surface area (Å²) < 4.78 is 71.4. The van der Waals surface area contributed by atoms with E-state index in [0.29, 0.717) is 22.4 Å². The molecule has 1 aromatic carbocycles. The number of aromatic nitrogens is 4. The van der Waals surface area contributed by atoms with Crippen LogP contribution in [0.3, 0.4) is 0 Å². The highest BCUT2D eigenvalue weighted by Crippen LogP contribution is 2.37. The number of benzene rings is 1. The van der Waals surface area contributed by atoms with Crippen molar-refractivity contribution in [1.29, 1.82) is 5.26 Å². The normalized spacial score (nSPS) is 16.5. The van der Waals surface area contributed by atoms with E-state index in [2.05, 4.69) is 20.4 Å². The number of halogens is 5. The highest BCUT2D eigenvalue weighted by Gasteiger charge is 2.36. The highest BCUT2D eigenvalue weighted by atomic mass is 19.4. The Hall–Kier alpha value is -3.55. The molecular formula is C21H16F5N5O.